The molecule has 0 aliphatic heterocycles. The van der Waals surface area contributed by atoms with E-state index in [0.717, 1.165) is 12.0 Å². The standard InChI is InChI=1S/C20H19N3O3/c1-3-14-9-7-8-12-16(14)21-20(25)19-17(26-2)13-18(24)23(22-19)15-10-5-4-6-11-15/h4-13H,3H2,1-2H3,(H,21,25). The summed E-state index contributed by atoms with van der Waals surface area (Å²) in [7, 11) is 1.40. The van der Waals surface area contributed by atoms with Crippen LogP contribution in [-0.4, -0.2) is 22.8 Å². The molecule has 1 heterocycles. The Morgan fingerprint density at radius 3 is 2.50 bits per heavy atom. The third-order valence-corrected chi connectivity index (χ3v) is 3.98. The summed E-state index contributed by atoms with van der Waals surface area (Å²) in [5.74, 6) is -0.305. The molecule has 1 N–H and O–H groups in total. The van der Waals surface area contributed by atoms with Gasteiger partial charge >= 0.3 is 0 Å². The average molecular weight is 349 g/mol. The molecule has 0 aliphatic carbocycles. The van der Waals surface area contributed by atoms with Crippen LogP contribution in [0.1, 0.15) is 23.0 Å². The highest BCUT2D eigenvalue weighted by Crippen LogP contribution is 2.19. The van der Waals surface area contributed by atoms with E-state index in [-0.39, 0.29) is 17.0 Å². The van der Waals surface area contributed by atoms with Crippen LogP contribution in [0.25, 0.3) is 5.69 Å². The number of nitrogens with zero attached hydrogens (tertiary/aromatic N) is 2. The molecule has 0 saturated carbocycles. The lowest BCUT2D eigenvalue weighted by Crippen LogP contribution is -2.26. The van der Waals surface area contributed by atoms with Gasteiger partial charge in [-0.2, -0.15) is 9.78 Å². The largest absolute Gasteiger partial charge is 0.494 e. The van der Waals surface area contributed by atoms with Crippen molar-refractivity contribution in [1.29, 1.82) is 0 Å². The molecule has 1 aromatic heterocycles. The summed E-state index contributed by atoms with van der Waals surface area (Å²) >= 11 is 0. The number of hydrogen-bond donors (Lipinski definition) is 1. The number of nitrogens with one attached hydrogen (secondary N) is 1. The van der Waals surface area contributed by atoms with Crippen molar-refractivity contribution in [3.63, 3.8) is 0 Å². The molecule has 3 aromatic rings. The summed E-state index contributed by atoms with van der Waals surface area (Å²) in [5, 5.41) is 7.09. The molecular formula is C20H19N3O3. The predicted molar refractivity (Wildman–Crippen MR) is 100 cm³/mol. The SMILES string of the molecule is CCc1ccccc1NC(=O)c1nn(-c2ccccc2)c(=O)cc1OC. The lowest BCUT2D eigenvalue weighted by molar-refractivity contribution is 0.101. The number of carbonyl (C=O) groups is 1. The molecule has 0 aliphatic rings. The minimum Gasteiger partial charge on any atom is -0.494 e. The number of anilines is 1. The maximum Gasteiger partial charge on any atom is 0.280 e. The fourth-order valence-corrected chi connectivity index (χ4v) is 2.64. The summed E-state index contributed by atoms with van der Waals surface area (Å²) in [5.41, 5.74) is 1.96. The van der Waals surface area contributed by atoms with E-state index < -0.39 is 5.91 Å². The first-order chi connectivity index (χ1) is 12.6. The van der Waals surface area contributed by atoms with Gasteiger partial charge in [0.25, 0.3) is 11.5 Å². The van der Waals surface area contributed by atoms with Gasteiger partial charge in [0.15, 0.2) is 11.4 Å². The zero-order chi connectivity index (χ0) is 18.5. The summed E-state index contributed by atoms with van der Waals surface area (Å²) in [4.78, 5) is 25.1. The van der Waals surface area contributed by atoms with Crippen LogP contribution in [0, 0.1) is 0 Å². The summed E-state index contributed by atoms with van der Waals surface area (Å²) < 4.78 is 6.38. The van der Waals surface area contributed by atoms with E-state index in [9.17, 15) is 9.59 Å². The van der Waals surface area contributed by atoms with E-state index in [0.29, 0.717) is 11.4 Å². The Hall–Kier alpha value is -3.41. The molecular weight excluding hydrogens is 330 g/mol. The number of para-hydroxylation sites is 2. The van der Waals surface area contributed by atoms with E-state index >= 15 is 0 Å². The van der Waals surface area contributed by atoms with Crippen LogP contribution in [0.2, 0.25) is 0 Å². The second kappa shape index (κ2) is 7.65. The lowest BCUT2D eigenvalue weighted by atomic mass is 10.1. The maximum absolute atomic E-state index is 12.8. The molecule has 26 heavy (non-hydrogen) atoms. The summed E-state index contributed by atoms with van der Waals surface area (Å²) in [6.07, 6.45) is 0.782. The second-order valence-electron chi connectivity index (χ2n) is 5.61. The highest BCUT2D eigenvalue weighted by Gasteiger charge is 2.19. The monoisotopic (exact) mass is 349 g/mol. The van der Waals surface area contributed by atoms with Gasteiger partial charge in [-0.15, -0.1) is 0 Å². The molecule has 6 heteroatoms. The van der Waals surface area contributed by atoms with Crippen LogP contribution < -0.4 is 15.6 Å². The maximum atomic E-state index is 12.8. The number of rotatable bonds is 5. The number of amides is 1. The molecule has 0 saturated heterocycles. The molecule has 0 atom stereocenters. The van der Waals surface area contributed by atoms with Gasteiger partial charge in [0.05, 0.1) is 18.9 Å². The highest BCUT2D eigenvalue weighted by molar-refractivity contribution is 6.05. The minimum absolute atomic E-state index is 0.0434. The Morgan fingerprint density at radius 2 is 1.81 bits per heavy atom. The van der Waals surface area contributed by atoms with Crippen molar-refractivity contribution >= 4 is 11.6 Å². The van der Waals surface area contributed by atoms with Gasteiger partial charge in [0.2, 0.25) is 0 Å². The van der Waals surface area contributed by atoms with E-state index in [1.165, 1.54) is 17.9 Å². The highest BCUT2D eigenvalue weighted by atomic mass is 16.5. The van der Waals surface area contributed by atoms with Gasteiger partial charge in [-0.05, 0) is 30.2 Å². The first-order valence-electron chi connectivity index (χ1n) is 8.27. The molecule has 0 bridgehead atoms. The molecule has 2 aromatic carbocycles. The van der Waals surface area contributed by atoms with Crippen molar-refractivity contribution in [1.82, 2.24) is 9.78 Å². The molecule has 0 unspecified atom stereocenters. The Morgan fingerprint density at radius 1 is 1.12 bits per heavy atom. The van der Waals surface area contributed by atoms with Crippen LogP contribution >= 0.6 is 0 Å². The van der Waals surface area contributed by atoms with Crippen molar-refractivity contribution in [3.8, 4) is 11.4 Å². The van der Waals surface area contributed by atoms with E-state index in [1.807, 2.05) is 37.3 Å². The van der Waals surface area contributed by atoms with Gasteiger partial charge in [0.1, 0.15) is 0 Å². The normalized spacial score (nSPS) is 10.4. The Kier molecular flexibility index (Phi) is 5.12. The number of aryl methyl sites for hydroxylation is 1. The van der Waals surface area contributed by atoms with Crippen molar-refractivity contribution in [2.75, 3.05) is 12.4 Å². The van der Waals surface area contributed by atoms with Crippen LogP contribution in [0.3, 0.4) is 0 Å². The van der Waals surface area contributed by atoms with Gasteiger partial charge < -0.3 is 10.1 Å². The zero-order valence-electron chi connectivity index (χ0n) is 14.6. The van der Waals surface area contributed by atoms with Gasteiger partial charge in [0, 0.05) is 5.69 Å². The fourth-order valence-electron chi connectivity index (χ4n) is 2.64. The number of methoxy groups -OCH3 is 1. The van der Waals surface area contributed by atoms with E-state index in [4.69, 9.17) is 4.74 Å². The Balaban J connectivity index is 2.03. The first kappa shape index (κ1) is 17.4. The quantitative estimate of drug-likeness (QED) is 0.768. The molecule has 6 nitrogen and oxygen atoms in total. The smallest absolute Gasteiger partial charge is 0.280 e. The number of aromatic nitrogens is 2. The van der Waals surface area contributed by atoms with E-state index in [2.05, 4.69) is 10.4 Å². The van der Waals surface area contributed by atoms with Crippen LogP contribution in [0.5, 0.6) is 5.75 Å². The van der Waals surface area contributed by atoms with Crippen molar-refractivity contribution < 1.29 is 9.53 Å². The third-order valence-electron chi connectivity index (χ3n) is 3.98. The van der Waals surface area contributed by atoms with Crippen LogP contribution in [-0.2, 0) is 6.42 Å². The predicted octanol–water partition coefficient (Wildman–Crippen LogP) is 3.06. The van der Waals surface area contributed by atoms with E-state index in [1.54, 1.807) is 24.3 Å². The molecule has 3 rings (SSSR count). The third kappa shape index (κ3) is 3.49. The topological polar surface area (TPSA) is 73.2 Å². The first-order valence-corrected chi connectivity index (χ1v) is 8.27. The Labute approximate surface area is 151 Å². The molecule has 132 valence electrons. The number of carbonyl (C=O) groups excluding carboxylic acids is 1. The van der Waals surface area contributed by atoms with Crippen molar-refractivity contribution in [3.05, 3.63) is 82.3 Å². The summed E-state index contributed by atoms with van der Waals surface area (Å²) in [6.45, 7) is 2.01. The lowest BCUT2D eigenvalue weighted by Gasteiger charge is -2.13. The van der Waals surface area contributed by atoms with Gasteiger partial charge in [-0.3, -0.25) is 9.59 Å². The van der Waals surface area contributed by atoms with Crippen molar-refractivity contribution in [2.45, 2.75) is 13.3 Å². The van der Waals surface area contributed by atoms with Gasteiger partial charge in [-0.1, -0.05) is 43.3 Å². The minimum atomic E-state index is -0.438. The second-order valence-corrected chi connectivity index (χ2v) is 5.61. The summed E-state index contributed by atoms with van der Waals surface area (Å²) in [6, 6.07) is 17.7. The molecule has 0 radical (unpaired) electrons. The van der Waals surface area contributed by atoms with Crippen molar-refractivity contribution in [2.24, 2.45) is 0 Å². The van der Waals surface area contributed by atoms with Crippen LogP contribution in [0.4, 0.5) is 5.69 Å². The zero-order valence-corrected chi connectivity index (χ0v) is 14.6. The van der Waals surface area contributed by atoms with Gasteiger partial charge in [-0.25, -0.2) is 0 Å². The number of hydrogen-bond acceptors (Lipinski definition) is 4. The fraction of sp³-hybridized carbons (Fsp3) is 0.150. The Bertz CT molecular complexity index is 981. The molecule has 1 amide bonds. The average Bonchev–Trinajstić information content (AvgIpc) is 2.68. The van der Waals surface area contributed by atoms with Crippen LogP contribution in [0.15, 0.2) is 65.5 Å². The molecule has 0 fully saturated rings. The number of benzene rings is 2. The molecule has 0 spiro atoms. The number of ether oxygens (including phenoxy) is 1.